The van der Waals surface area contributed by atoms with Gasteiger partial charge < -0.3 is 10.1 Å². The number of anilines is 1. The van der Waals surface area contributed by atoms with Gasteiger partial charge in [0.2, 0.25) is 0 Å². The molecule has 0 fully saturated rings. The van der Waals surface area contributed by atoms with Gasteiger partial charge in [0, 0.05) is 5.69 Å². The molecule has 1 N–H and O–H groups in total. The monoisotopic (exact) mass is 288 g/mol. The van der Waals surface area contributed by atoms with Crippen LogP contribution in [0.2, 0.25) is 0 Å². The number of carbonyl (C=O) groups excluding carboxylic acids is 1. The van der Waals surface area contributed by atoms with Gasteiger partial charge in [-0.1, -0.05) is 11.3 Å². The van der Waals surface area contributed by atoms with Crippen LogP contribution in [-0.2, 0) is 16.8 Å². The van der Waals surface area contributed by atoms with Gasteiger partial charge in [-0.3, -0.25) is 0 Å². The average Bonchev–Trinajstić information content (AvgIpc) is 2.93. The van der Waals surface area contributed by atoms with Crippen molar-refractivity contribution in [2.45, 2.75) is 32.9 Å². The maximum Gasteiger partial charge on any atom is 0.337 e. The fourth-order valence-electron chi connectivity index (χ4n) is 1.77. The molecule has 0 aliphatic heterocycles. The molecule has 0 spiro atoms. The Morgan fingerprint density at radius 1 is 1.38 bits per heavy atom. The van der Waals surface area contributed by atoms with E-state index in [1.165, 1.54) is 7.11 Å². The van der Waals surface area contributed by atoms with E-state index in [1.807, 2.05) is 16.9 Å². The molecule has 21 heavy (non-hydrogen) atoms. The quantitative estimate of drug-likeness (QED) is 0.875. The van der Waals surface area contributed by atoms with Crippen LogP contribution in [0.5, 0.6) is 0 Å². The fourth-order valence-corrected chi connectivity index (χ4v) is 1.77. The molecule has 0 atom stereocenters. The summed E-state index contributed by atoms with van der Waals surface area (Å²) in [4.78, 5) is 11.5. The van der Waals surface area contributed by atoms with Gasteiger partial charge in [-0.15, -0.1) is 5.10 Å². The summed E-state index contributed by atoms with van der Waals surface area (Å²) in [5, 5.41) is 11.5. The molecule has 0 radical (unpaired) electrons. The molecule has 0 aliphatic rings. The van der Waals surface area contributed by atoms with E-state index in [4.69, 9.17) is 4.74 Å². The van der Waals surface area contributed by atoms with Gasteiger partial charge in [0.25, 0.3) is 0 Å². The van der Waals surface area contributed by atoms with Crippen LogP contribution in [0.1, 0.15) is 36.8 Å². The molecule has 0 unspecified atom stereocenters. The van der Waals surface area contributed by atoms with Crippen LogP contribution in [0.15, 0.2) is 30.5 Å². The van der Waals surface area contributed by atoms with Crippen molar-refractivity contribution in [1.29, 1.82) is 0 Å². The van der Waals surface area contributed by atoms with Crippen LogP contribution in [0.25, 0.3) is 0 Å². The van der Waals surface area contributed by atoms with Crippen LogP contribution in [0.4, 0.5) is 5.69 Å². The summed E-state index contributed by atoms with van der Waals surface area (Å²) in [5.41, 5.74) is 2.10. The van der Waals surface area contributed by atoms with Crippen molar-refractivity contribution < 1.29 is 9.53 Å². The standard InChI is InChI=1S/C15H20N4O2/c1-15(2,3)19-10-13(17-18-19)9-16-12-7-5-6-11(8-12)14(20)21-4/h5-8,10,16H,9H2,1-4H3. The third-order valence-corrected chi connectivity index (χ3v) is 2.99. The van der Waals surface area contributed by atoms with E-state index < -0.39 is 0 Å². The summed E-state index contributed by atoms with van der Waals surface area (Å²) in [6.07, 6.45) is 1.91. The van der Waals surface area contributed by atoms with Crippen molar-refractivity contribution in [3.63, 3.8) is 0 Å². The molecule has 0 saturated carbocycles. The highest BCUT2D eigenvalue weighted by molar-refractivity contribution is 5.90. The molecule has 6 heteroatoms. The predicted octanol–water partition coefficient (Wildman–Crippen LogP) is 2.43. The van der Waals surface area contributed by atoms with Crippen molar-refractivity contribution >= 4 is 11.7 Å². The Morgan fingerprint density at radius 3 is 2.76 bits per heavy atom. The summed E-state index contributed by atoms with van der Waals surface area (Å²) in [7, 11) is 1.37. The highest BCUT2D eigenvalue weighted by Gasteiger charge is 2.14. The Bertz CT molecular complexity index is 629. The SMILES string of the molecule is COC(=O)c1cccc(NCc2cn(C(C)(C)C)nn2)c1. The van der Waals surface area contributed by atoms with Gasteiger partial charge in [0.1, 0.15) is 5.69 Å². The highest BCUT2D eigenvalue weighted by Crippen LogP contribution is 2.14. The second-order valence-corrected chi connectivity index (χ2v) is 5.75. The number of carbonyl (C=O) groups is 1. The molecule has 0 amide bonds. The Morgan fingerprint density at radius 2 is 2.14 bits per heavy atom. The molecular formula is C15H20N4O2. The number of hydrogen-bond acceptors (Lipinski definition) is 5. The van der Waals surface area contributed by atoms with Gasteiger partial charge >= 0.3 is 5.97 Å². The summed E-state index contributed by atoms with van der Waals surface area (Å²) in [6, 6.07) is 7.16. The lowest BCUT2D eigenvalue weighted by molar-refractivity contribution is 0.0601. The molecule has 0 bridgehead atoms. The third kappa shape index (κ3) is 3.81. The normalized spacial score (nSPS) is 11.2. The maximum atomic E-state index is 11.5. The summed E-state index contributed by atoms with van der Waals surface area (Å²) < 4.78 is 6.53. The van der Waals surface area contributed by atoms with Crippen molar-refractivity contribution in [3.05, 3.63) is 41.7 Å². The first-order valence-electron chi connectivity index (χ1n) is 6.74. The number of benzene rings is 1. The first-order valence-corrected chi connectivity index (χ1v) is 6.74. The summed E-state index contributed by atoms with van der Waals surface area (Å²) in [6.45, 7) is 6.75. The van der Waals surface area contributed by atoms with Crippen molar-refractivity contribution in [2.24, 2.45) is 0 Å². The van der Waals surface area contributed by atoms with E-state index in [9.17, 15) is 4.79 Å². The smallest absolute Gasteiger partial charge is 0.337 e. The Balaban J connectivity index is 2.03. The number of rotatable bonds is 4. The lowest BCUT2D eigenvalue weighted by Gasteiger charge is -2.17. The fraction of sp³-hybridized carbons (Fsp3) is 0.400. The topological polar surface area (TPSA) is 69.0 Å². The zero-order chi connectivity index (χ0) is 15.5. The van der Waals surface area contributed by atoms with E-state index in [2.05, 4.69) is 36.4 Å². The summed E-state index contributed by atoms with van der Waals surface area (Å²) >= 11 is 0. The van der Waals surface area contributed by atoms with Crippen molar-refractivity contribution in [3.8, 4) is 0 Å². The predicted molar refractivity (Wildman–Crippen MR) is 80.1 cm³/mol. The second kappa shape index (κ2) is 5.95. The minimum Gasteiger partial charge on any atom is -0.465 e. The molecule has 1 aromatic carbocycles. The van der Waals surface area contributed by atoms with E-state index in [0.717, 1.165) is 11.4 Å². The van der Waals surface area contributed by atoms with Gasteiger partial charge in [-0.25, -0.2) is 9.48 Å². The molecule has 2 rings (SSSR count). The molecular weight excluding hydrogens is 268 g/mol. The number of ether oxygens (including phenoxy) is 1. The number of nitrogens with zero attached hydrogens (tertiary/aromatic N) is 3. The Labute approximate surface area is 124 Å². The van der Waals surface area contributed by atoms with E-state index in [1.54, 1.807) is 18.2 Å². The molecule has 112 valence electrons. The lowest BCUT2D eigenvalue weighted by Crippen LogP contribution is -2.22. The largest absolute Gasteiger partial charge is 0.465 e. The number of hydrogen-bond donors (Lipinski definition) is 1. The number of esters is 1. The Kier molecular flexibility index (Phi) is 4.26. The Hall–Kier alpha value is -2.37. The number of methoxy groups -OCH3 is 1. The van der Waals surface area contributed by atoms with E-state index in [-0.39, 0.29) is 11.5 Å². The van der Waals surface area contributed by atoms with Crippen LogP contribution in [-0.4, -0.2) is 28.1 Å². The molecule has 6 nitrogen and oxygen atoms in total. The highest BCUT2D eigenvalue weighted by atomic mass is 16.5. The number of nitrogens with one attached hydrogen (secondary N) is 1. The van der Waals surface area contributed by atoms with Gasteiger partial charge in [-0.05, 0) is 39.0 Å². The minimum atomic E-state index is -0.350. The third-order valence-electron chi connectivity index (χ3n) is 2.99. The van der Waals surface area contributed by atoms with Crippen LogP contribution >= 0.6 is 0 Å². The van der Waals surface area contributed by atoms with Crippen LogP contribution in [0.3, 0.4) is 0 Å². The molecule has 1 heterocycles. The van der Waals surface area contributed by atoms with Crippen LogP contribution in [0, 0.1) is 0 Å². The van der Waals surface area contributed by atoms with Crippen molar-refractivity contribution in [1.82, 2.24) is 15.0 Å². The molecule has 2 aromatic rings. The molecule has 0 saturated heterocycles. The maximum absolute atomic E-state index is 11.5. The first kappa shape index (κ1) is 15.0. The second-order valence-electron chi connectivity index (χ2n) is 5.75. The van der Waals surface area contributed by atoms with E-state index in [0.29, 0.717) is 12.1 Å². The van der Waals surface area contributed by atoms with Gasteiger partial charge in [0.05, 0.1) is 31.0 Å². The van der Waals surface area contributed by atoms with E-state index >= 15 is 0 Å². The van der Waals surface area contributed by atoms with Crippen LogP contribution < -0.4 is 5.32 Å². The zero-order valence-corrected chi connectivity index (χ0v) is 12.8. The zero-order valence-electron chi connectivity index (χ0n) is 12.8. The van der Waals surface area contributed by atoms with Crippen molar-refractivity contribution in [2.75, 3.05) is 12.4 Å². The average molecular weight is 288 g/mol. The van der Waals surface area contributed by atoms with Gasteiger partial charge in [-0.2, -0.15) is 0 Å². The summed E-state index contributed by atoms with van der Waals surface area (Å²) in [5.74, 6) is -0.350. The van der Waals surface area contributed by atoms with Gasteiger partial charge in [0.15, 0.2) is 0 Å². The molecule has 0 aliphatic carbocycles. The lowest BCUT2D eigenvalue weighted by atomic mass is 10.1. The molecule has 1 aromatic heterocycles. The first-order chi connectivity index (χ1) is 9.90. The number of aromatic nitrogens is 3. The minimum absolute atomic E-state index is 0.0873.